The molecule has 3 aromatic rings. The molecule has 0 aliphatic carbocycles. The zero-order valence-corrected chi connectivity index (χ0v) is 26.2. The summed E-state index contributed by atoms with van der Waals surface area (Å²) in [6, 6.07) is 5.61. The van der Waals surface area contributed by atoms with Gasteiger partial charge in [0, 0.05) is 33.3 Å². The van der Waals surface area contributed by atoms with E-state index in [-0.39, 0.29) is 5.82 Å². The van der Waals surface area contributed by atoms with Crippen LogP contribution in [0.1, 0.15) is 47.0 Å². The summed E-state index contributed by atoms with van der Waals surface area (Å²) in [6.07, 6.45) is 5.47. The Hall–Kier alpha value is -3.05. The van der Waals surface area contributed by atoms with E-state index in [1.165, 1.54) is 19.3 Å². The molecule has 1 fully saturated rings. The fraction of sp³-hybridized carbons (Fsp3) is 0.571. The third kappa shape index (κ3) is 8.22. The van der Waals surface area contributed by atoms with Gasteiger partial charge in [-0.15, -0.1) is 10.2 Å². The van der Waals surface area contributed by atoms with Crippen LogP contribution in [0.4, 0.5) is 23.3 Å². The quantitative estimate of drug-likeness (QED) is 0.276. The third-order valence-corrected chi connectivity index (χ3v) is 5.90. The maximum Gasteiger partial charge on any atom is 0.160 e. The van der Waals surface area contributed by atoms with Gasteiger partial charge in [0.1, 0.15) is 23.1 Å². The highest BCUT2D eigenvalue weighted by Crippen LogP contribution is 2.44. The number of hydrogen-bond donors (Lipinski definition) is 4. The molecule has 0 radical (unpaired) electrons. The summed E-state index contributed by atoms with van der Waals surface area (Å²) in [5.41, 5.74) is 13.7. The summed E-state index contributed by atoms with van der Waals surface area (Å²) in [4.78, 5) is 4.44. The second-order valence-corrected chi connectivity index (χ2v) is 8.84. The van der Waals surface area contributed by atoms with Crippen molar-refractivity contribution in [1.82, 2.24) is 19.7 Å². The highest BCUT2D eigenvalue weighted by molar-refractivity contribution is 7.79. The largest absolute Gasteiger partial charge is 0.497 e. The molecule has 220 valence electrons. The second kappa shape index (κ2) is 17.5. The van der Waals surface area contributed by atoms with Crippen LogP contribution in [0.5, 0.6) is 11.5 Å². The van der Waals surface area contributed by atoms with Crippen LogP contribution in [0.15, 0.2) is 18.2 Å². The van der Waals surface area contributed by atoms with Crippen molar-refractivity contribution in [1.29, 1.82) is 0 Å². The lowest BCUT2D eigenvalue weighted by Crippen LogP contribution is -2.26. The van der Waals surface area contributed by atoms with E-state index in [0.717, 1.165) is 43.1 Å². The van der Waals surface area contributed by atoms with Crippen molar-refractivity contribution in [3.63, 3.8) is 0 Å². The molecule has 1 aliphatic rings. The van der Waals surface area contributed by atoms with Gasteiger partial charge in [0.2, 0.25) is 0 Å². The lowest BCUT2D eigenvalue weighted by Gasteiger charge is -2.21. The molecule has 0 spiro atoms. The highest BCUT2D eigenvalue weighted by Gasteiger charge is 2.26. The van der Waals surface area contributed by atoms with E-state index in [0.29, 0.717) is 28.5 Å². The molecule has 1 aromatic carbocycles. The van der Waals surface area contributed by atoms with Crippen molar-refractivity contribution in [2.75, 3.05) is 82.4 Å². The number of likely N-dealkylation sites (tertiary alicyclic amines) is 1. The standard InChI is InChI=1S/C22H32N8O2.C3H8.C2H6.CH4S/c1-28(2)22-18-17(19(23)26-27-21(18)25-9-12-29-10-5-6-11-29)20(24)30(22)15-8-7-14(31-3)13-16(15)32-4;1-3-2;2*1-2/h7-8,13H,5-6,9-12,24H2,1-4H3,(H2,23,26)(H,25,27);3H2,1-2H3;1-2H3;2H,1H3. The molecule has 11 heteroatoms. The first-order valence-electron chi connectivity index (χ1n) is 13.6. The lowest BCUT2D eigenvalue weighted by molar-refractivity contribution is 0.352. The monoisotopic (exact) mass is 562 g/mol. The number of nitrogen functional groups attached to an aromatic ring is 2. The van der Waals surface area contributed by atoms with Gasteiger partial charge in [-0.1, -0.05) is 34.1 Å². The molecule has 0 saturated carbocycles. The molecule has 2 aromatic heterocycles. The van der Waals surface area contributed by atoms with Gasteiger partial charge in [0.25, 0.3) is 0 Å². The number of thiol groups is 1. The number of nitrogens with zero attached hydrogens (tertiary/aromatic N) is 5. The Morgan fingerprint density at radius 2 is 1.62 bits per heavy atom. The molecule has 0 unspecified atom stereocenters. The zero-order valence-electron chi connectivity index (χ0n) is 25.3. The van der Waals surface area contributed by atoms with Gasteiger partial charge in [0.05, 0.1) is 30.7 Å². The number of nitrogens with two attached hydrogens (primary N) is 2. The molecule has 1 aliphatic heterocycles. The third-order valence-electron chi connectivity index (χ3n) is 5.90. The number of benzene rings is 1. The first-order valence-corrected chi connectivity index (χ1v) is 14.5. The van der Waals surface area contributed by atoms with Gasteiger partial charge < -0.3 is 36.1 Å². The number of hydrogen-bond acceptors (Lipinski definition) is 10. The maximum absolute atomic E-state index is 6.67. The van der Waals surface area contributed by atoms with Crippen LogP contribution in [-0.4, -0.2) is 80.4 Å². The van der Waals surface area contributed by atoms with E-state index in [9.17, 15) is 0 Å². The fourth-order valence-corrected chi connectivity index (χ4v) is 4.36. The Labute approximate surface area is 240 Å². The van der Waals surface area contributed by atoms with Gasteiger partial charge in [-0.25, -0.2) is 0 Å². The summed E-state index contributed by atoms with van der Waals surface area (Å²) in [7, 11) is 7.17. The summed E-state index contributed by atoms with van der Waals surface area (Å²) in [5, 5.41) is 13.5. The predicted octanol–water partition coefficient (Wildman–Crippen LogP) is 5.16. The van der Waals surface area contributed by atoms with Gasteiger partial charge >= 0.3 is 0 Å². The van der Waals surface area contributed by atoms with Gasteiger partial charge in [-0.2, -0.15) is 12.6 Å². The van der Waals surface area contributed by atoms with E-state index in [1.807, 2.05) is 55.6 Å². The molecule has 5 N–H and O–H groups in total. The number of anilines is 4. The Kier molecular flexibility index (Phi) is 15.3. The summed E-state index contributed by atoms with van der Waals surface area (Å²) in [6.45, 7) is 12.3. The van der Waals surface area contributed by atoms with Crippen LogP contribution in [-0.2, 0) is 0 Å². The van der Waals surface area contributed by atoms with E-state index in [1.54, 1.807) is 20.5 Å². The lowest BCUT2D eigenvalue weighted by atomic mass is 10.2. The van der Waals surface area contributed by atoms with Gasteiger partial charge in [-0.3, -0.25) is 4.57 Å². The average Bonchev–Trinajstić information content (AvgIpc) is 3.59. The minimum atomic E-state index is 0.289. The Bertz CT molecular complexity index is 1130. The smallest absolute Gasteiger partial charge is 0.160 e. The number of methoxy groups -OCH3 is 2. The maximum atomic E-state index is 6.67. The van der Waals surface area contributed by atoms with Gasteiger partial charge in [0.15, 0.2) is 11.6 Å². The number of fused-ring (bicyclic) bond motifs is 1. The normalized spacial score (nSPS) is 12.4. The van der Waals surface area contributed by atoms with Crippen molar-refractivity contribution in [3.8, 4) is 17.2 Å². The Morgan fingerprint density at radius 1 is 1.00 bits per heavy atom. The Balaban J connectivity index is 0.000000996. The zero-order chi connectivity index (χ0) is 29.5. The molecular formula is C28H50N8O2S. The van der Waals surface area contributed by atoms with Crippen molar-refractivity contribution in [3.05, 3.63) is 18.2 Å². The van der Waals surface area contributed by atoms with Crippen LogP contribution in [0.3, 0.4) is 0 Å². The topological polar surface area (TPSA) is 120 Å². The van der Waals surface area contributed by atoms with Crippen molar-refractivity contribution >= 4 is 46.7 Å². The molecule has 39 heavy (non-hydrogen) atoms. The minimum absolute atomic E-state index is 0.289. The van der Waals surface area contributed by atoms with Crippen LogP contribution in [0.25, 0.3) is 16.5 Å². The molecule has 10 nitrogen and oxygen atoms in total. The van der Waals surface area contributed by atoms with Crippen LogP contribution < -0.4 is 31.2 Å². The molecule has 3 heterocycles. The predicted molar refractivity (Wildman–Crippen MR) is 172 cm³/mol. The highest BCUT2D eigenvalue weighted by atomic mass is 32.1. The summed E-state index contributed by atoms with van der Waals surface area (Å²) < 4.78 is 12.9. The van der Waals surface area contributed by atoms with E-state index in [2.05, 4.69) is 46.9 Å². The number of aromatic nitrogens is 3. The van der Waals surface area contributed by atoms with E-state index < -0.39 is 0 Å². The average molecular weight is 563 g/mol. The fourth-order valence-electron chi connectivity index (χ4n) is 4.36. The molecule has 4 rings (SSSR count). The Morgan fingerprint density at radius 3 is 2.15 bits per heavy atom. The molecule has 1 saturated heterocycles. The number of rotatable bonds is 8. The van der Waals surface area contributed by atoms with Crippen LogP contribution in [0.2, 0.25) is 0 Å². The summed E-state index contributed by atoms with van der Waals surface area (Å²) in [5.74, 6) is 3.59. The van der Waals surface area contributed by atoms with E-state index >= 15 is 0 Å². The van der Waals surface area contributed by atoms with Gasteiger partial charge in [-0.05, 0) is 44.3 Å². The summed E-state index contributed by atoms with van der Waals surface area (Å²) >= 11 is 3.53. The number of nitrogens with one attached hydrogen (secondary N) is 1. The molecule has 0 atom stereocenters. The second-order valence-electron chi connectivity index (χ2n) is 8.84. The van der Waals surface area contributed by atoms with Crippen molar-refractivity contribution in [2.24, 2.45) is 0 Å². The minimum Gasteiger partial charge on any atom is -0.497 e. The van der Waals surface area contributed by atoms with Crippen LogP contribution in [0, 0.1) is 0 Å². The van der Waals surface area contributed by atoms with Crippen molar-refractivity contribution in [2.45, 2.75) is 47.0 Å². The van der Waals surface area contributed by atoms with E-state index in [4.69, 9.17) is 20.9 Å². The van der Waals surface area contributed by atoms with Crippen LogP contribution >= 0.6 is 12.6 Å². The van der Waals surface area contributed by atoms with Crippen molar-refractivity contribution < 1.29 is 9.47 Å². The first-order chi connectivity index (χ1) is 18.9. The molecule has 0 bridgehead atoms. The number of ether oxygens (including phenoxy) is 2. The SMILES string of the molecule is CC.CCC.COc1ccc(-n2c(N)c3c(N)nnc(NCCN4CCCC4)c3c2N(C)C)c(OC)c1.CS. The molecule has 0 amide bonds. The molecular weight excluding hydrogens is 512 g/mol. The first kappa shape index (κ1) is 34.0.